The summed E-state index contributed by atoms with van der Waals surface area (Å²) in [5, 5.41) is 9.82. The summed E-state index contributed by atoms with van der Waals surface area (Å²) in [5.74, 6) is -1.94. The molecular weight excluding hydrogens is 293 g/mol. The van der Waals surface area contributed by atoms with Crippen LogP contribution in [-0.4, -0.2) is 35.0 Å². The van der Waals surface area contributed by atoms with Gasteiger partial charge < -0.3 is 10.0 Å². The molecule has 1 saturated heterocycles. The first kappa shape index (κ1) is 14.0. The minimum absolute atomic E-state index is 0.0572. The molecular formula is C15H14FNO3S. The highest BCUT2D eigenvalue weighted by Crippen LogP contribution is 2.30. The van der Waals surface area contributed by atoms with Gasteiger partial charge in [0.05, 0.1) is 10.8 Å². The lowest BCUT2D eigenvalue weighted by atomic mass is 9.99. The van der Waals surface area contributed by atoms with E-state index in [1.54, 1.807) is 17.0 Å². The Morgan fingerprint density at radius 3 is 2.76 bits per heavy atom. The highest BCUT2D eigenvalue weighted by Gasteiger charge is 2.37. The predicted molar refractivity (Wildman–Crippen MR) is 78.0 cm³/mol. The molecule has 2 heterocycles. The number of rotatable bonds is 2. The van der Waals surface area contributed by atoms with Crippen LogP contribution >= 0.6 is 11.3 Å². The lowest BCUT2D eigenvalue weighted by molar-refractivity contribution is -0.142. The van der Waals surface area contributed by atoms with Gasteiger partial charge >= 0.3 is 5.97 Å². The predicted octanol–water partition coefficient (Wildman–Crippen LogP) is 2.83. The van der Waals surface area contributed by atoms with Gasteiger partial charge in [0, 0.05) is 17.8 Å². The second-order valence-electron chi connectivity index (χ2n) is 5.42. The second kappa shape index (κ2) is 5.11. The number of amides is 1. The fourth-order valence-electron chi connectivity index (χ4n) is 2.73. The van der Waals surface area contributed by atoms with E-state index in [0.29, 0.717) is 16.8 Å². The number of hydrogen-bond donors (Lipinski definition) is 1. The number of thiophene rings is 1. The number of carbonyl (C=O) groups is 2. The Morgan fingerprint density at radius 1 is 1.33 bits per heavy atom. The third kappa shape index (κ3) is 2.51. The number of carbonyl (C=O) groups excluding carboxylic acids is 1. The number of carboxylic acids is 1. The first-order valence-corrected chi connectivity index (χ1v) is 7.48. The molecule has 0 unspecified atom stereocenters. The molecule has 3 rings (SSSR count). The molecule has 0 bridgehead atoms. The van der Waals surface area contributed by atoms with Crippen LogP contribution in [0.15, 0.2) is 24.3 Å². The number of nitrogens with zero attached hydrogens (tertiary/aromatic N) is 1. The molecule has 2 atom stereocenters. The molecule has 6 heteroatoms. The standard InChI is InChI=1S/C15H14FNO3S/c1-8-6-17(7-11(8)15(19)20)14(18)13-5-9-4-10(16)2-3-12(9)21-13/h2-5,8,11H,6-7H2,1H3,(H,19,20)/t8-,11-/m1/s1. The van der Waals surface area contributed by atoms with E-state index in [0.717, 1.165) is 4.70 Å². The van der Waals surface area contributed by atoms with Crippen LogP contribution in [-0.2, 0) is 4.79 Å². The molecule has 110 valence electrons. The molecule has 1 aromatic carbocycles. The van der Waals surface area contributed by atoms with Crippen LogP contribution in [0.2, 0.25) is 0 Å². The Labute approximate surface area is 124 Å². The van der Waals surface area contributed by atoms with Crippen LogP contribution in [0, 0.1) is 17.7 Å². The van der Waals surface area contributed by atoms with Crippen molar-refractivity contribution in [3.05, 3.63) is 35.0 Å². The van der Waals surface area contributed by atoms with E-state index in [-0.39, 0.29) is 24.2 Å². The Bertz CT molecular complexity index is 727. The van der Waals surface area contributed by atoms with Crippen molar-refractivity contribution in [1.82, 2.24) is 4.90 Å². The maximum Gasteiger partial charge on any atom is 0.308 e. The largest absolute Gasteiger partial charge is 0.481 e. The monoisotopic (exact) mass is 307 g/mol. The van der Waals surface area contributed by atoms with Gasteiger partial charge in [-0.15, -0.1) is 11.3 Å². The summed E-state index contributed by atoms with van der Waals surface area (Å²) >= 11 is 1.31. The second-order valence-corrected chi connectivity index (χ2v) is 6.51. The van der Waals surface area contributed by atoms with Gasteiger partial charge in [0.1, 0.15) is 5.82 Å². The van der Waals surface area contributed by atoms with Gasteiger partial charge in [-0.05, 0) is 35.6 Å². The minimum Gasteiger partial charge on any atom is -0.481 e. The summed E-state index contributed by atoms with van der Waals surface area (Å²) in [6, 6.07) is 6.09. The van der Waals surface area contributed by atoms with Gasteiger partial charge in [-0.25, -0.2) is 4.39 Å². The lowest BCUT2D eigenvalue weighted by Gasteiger charge is -2.14. The first-order valence-electron chi connectivity index (χ1n) is 6.67. The molecule has 21 heavy (non-hydrogen) atoms. The molecule has 0 spiro atoms. The van der Waals surface area contributed by atoms with Gasteiger partial charge in [0.2, 0.25) is 0 Å². The smallest absolute Gasteiger partial charge is 0.308 e. The number of fused-ring (bicyclic) bond motifs is 1. The molecule has 0 aliphatic carbocycles. The fraction of sp³-hybridized carbons (Fsp3) is 0.333. The van der Waals surface area contributed by atoms with E-state index in [1.165, 1.54) is 23.5 Å². The van der Waals surface area contributed by atoms with Crippen molar-refractivity contribution in [2.45, 2.75) is 6.92 Å². The maximum absolute atomic E-state index is 13.2. The molecule has 1 aromatic heterocycles. The van der Waals surface area contributed by atoms with Crippen molar-refractivity contribution in [2.75, 3.05) is 13.1 Å². The van der Waals surface area contributed by atoms with E-state index < -0.39 is 11.9 Å². The average molecular weight is 307 g/mol. The van der Waals surface area contributed by atoms with Gasteiger partial charge in [0.15, 0.2) is 0 Å². The molecule has 0 saturated carbocycles. The summed E-state index contributed by atoms with van der Waals surface area (Å²) in [5.41, 5.74) is 0. The Hall–Kier alpha value is -1.95. The van der Waals surface area contributed by atoms with Gasteiger partial charge in [0.25, 0.3) is 5.91 Å². The van der Waals surface area contributed by atoms with Gasteiger partial charge in [-0.1, -0.05) is 6.92 Å². The van der Waals surface area contributed by atoms with Crippen LogP contribution in [0.4, 0.5) is 4.39 Å². The van der Waals surface area contributed by atoms with E-state index >= 15 is 0 Å². The van der Waals surface area contributed by atoms with Crippen molar-refractivity contribution >= 4 is 33.3 Å². The van der Waals surface area contributed by atoms with Crippen molar-refractivity contribution in [3.8, 4) is 0 Å². The number of aliphatic carboxylic acids is 1. The third-order valence-corrected chi connectivity index (χ3v) is 5.01. The summed E-state index contributed by atoms with van der Waals surface area (Å²) in [6.07, 6.45) is 0. The molecule has 1 aliphatic heterocycles. The van der Waals surface area contributed by atoms with E-state index in [4.69, 9.17) is 5.11 Å². The summed E-state index contributed by atoms with van der Waals surface area (Å²) in [7, 11) is 0. The molecule has 1 fully saturated rings. The molecule has 1 aliphatic rings. The van der Waals surface area contributed by atoms with Crippen molar-refractivity contribution in [1.29, 1.82) is 0 Å². The maximum atomic E-state index is 13.2. The highest BCUT2D eigenvalue weighted by atomic mass is 32.1. The molecule has 1 N–H and O–H groups in total. The summed E-state index contributed by atoms with van der Waals surface area (Å²) in [6.45, 7) is 2.52. The van der Waals surface area contributed by atoms with Gasteiger partial charge in [-0.3, -0.25) is 9.59 Å². The van der Waals surface area contributed by atoms with Crippen LogP contribution in [0.1, 0.15) is 16.6 Å². The molecule has 1 amide bonds. The quantitative estimate of drug-likeness (QED) is 0.928. The SMILES string of the molecule is C[C@@H]1CN(C(=O)c2cc3cc(F)ccc3s2)C[C@H]1C(=O)O. The van der Waals surface area contributed by atoms with E-state index in [2.05, 4.69) is 0 Å². The van der Waals surface area contributed by atoms with Crippen molar-refractivity contribution in [2.24, 2.45) is 11.8 Å². The van der Waals surface area contributed by atoms with Crippen LogP contribution in [0.5, 0.6) is 0 Å². The number of hydrogen-bond acceptors (Lipinski definition) is 3. The number of benzene rings is 1. The molecule has 0 radical (unpaired) electrons. The lowest BCUT2D eigenvalue weighted by Crippen LogP contribution is -2.29. The zero-order valence-electron chi connectivity index (χ0n) is 11.4. The van der Waals surface area contributed by atoms with Crippen LogP contribution in [0.25, 0.3) is 10.1 Å². The Kier molecular flexibility index (Phi) is 3.41. The zero-order valence-corrected chi connectivity index (χ0v) is 12.2. The topological polar surface area (TPSA) is 57.6 Å². The molecule has 2 aromatic rings. The van der Waals surface area contributed by atoms with Crippen molar-refractivity contribution < 1.29 is 19.1 Å². The highest BCUT2D eigenvalue weighted by molar-refractivity contribution is 7.20. The van der Waals surface area contributed by atoms with E-state index in [9.17, 15) is 14.0 Å². The number of carboxylic acid groups (broad SMARTS) is 1. The Balaban J connectivity index is 1.86. The first-order chi connectivity index (χ1) is 9.95. The number of halogens is 1. The Morgan fingerprint density at radius 2 is 2.10 bits per heavy atom. The number of likely N-dealkylation sites (tertiary alicyclic amines) is 1. The fourth-order valence-corrected chi connectivity index (χ4v) is 3.74. The normalized spacial score (nSPS) is 21.9. The van der Waals surface area contributed by atoms with Crippen LogP contribution < -0.4 is 0 Å². The van der Waals surface area contributed by atoms with Crippen molar-refractivity contribution in [3.63, 3.8) is 0 Å². The van der Waals surface area contributed by atoms with Crippen LogP contribution in [0.3, 0.4) is 0 Å². The minimum atomic E-state index is -0.865. The summed E-state index contributed by atoms with van der Waals surface area (Å²) < 4.78 is 14.0. The zero-order chi connectivity index (χ0) is 15.1. The average Bonchev–Trinajstić information content (AvgIpc) is 3.00. The summed E-state index contributed by atoms with van der Waals surface area (Å²) in [4.78, 5) is 25.7. The van der Waals surface area contributed by atoms with E-state index in [1.807, 2.05) is 6.92 Å². The third-order valence-electron chi connectivity index (χ3n) is 3.91. The molecule has 4 nitrogen and oxygen atoms in total. The van der Waals surface area contributed by atoms with Gasteiger partial charge in [-0.2, -0.15) is 0 Å².